The molecule has 0 atom stereocenters. The van der Waals surface area contributed by atoms with Crippen molar-refractivity contribution >= 4 is 17.6 Å². The van der Waals surface area contributed by atoms with Gasteiger partial charge in [-0.15, -0.1) is 0 Å². The Morgan fingerprint density at radius 3 is 2.83 bits per heavy atom. The highest BCUT2D eigenvalue weighted by molar-refractivity contribution is 6.30. The zero-order chi connectivity index (χ0) is 16.9. The Balaban J connectivity index is 1.68. The van der Waals surface area contributed by atoms with Crippen LogP contribution in [0.15, 0.2) is 53.1 Å². The standard InChI is InChI=1S/C17H13ClN2O4/c1-22-14-8-3-2-7-13(14)17(21)23-10-15-19-16(20-24-15)11-5-4-6-12(18)9-11/h2-9H,10H2,1H3. The smallest absolute Gasteiger partial charge is 0.342 e. The predicted molar refractivity (Wildman–Crippen MR) is 86.9 cm³/mol. The number of carbonyl (C=O) groups is 1. The number of hydrogen-bond donors (Lipinski definition) is 0. The van der Waals surface area contributed by atoms with Crippen molar-refractivity contribution in [2.45, 2.75) is 6.61 Å². The van der Waals surface area contributed by atoms with Crippen LogP contribution >= 0.6 is 11.6 Å². The molecule has 1 heterocycles. The molecule has 1 aromatic heterocycles. The lowest BCUT2D eigenvalue weighted by molar-refractivity contribution is 0.0426. The third kappa shape index (κ3) is 3.55. The number of nitrogens with zero attached hydrogens (tertiary/aromatic N) is 2. The Labute approximate surface area is 143 Å². The fourth-order valence-electron chi connectivity index (χ4n) is 2.08. The van der Waals surface area contributed by atoms with Gasteiger partial charge in [-0.1, -0.05) is 41.0 Å². The first-order valence-electron chi connectivity index (χ1n) is 7.06. The van der Waals surface area contributed by atoms with E-state index in [4.69, 9.17) is 25.6 Å². The van der Waals surface area contributed by atoms with Gasteiger partial charge in [0.15, 0.2) is 6.61 Å². The summed E-state index contributed by atoms with van der Waals surface area (Å²) in [6.07, 6.45) is 0. The number of methoxy groups -OCH3 is 1. The van der Waals surface area contributed by atoms with Gasteiger partial charge in [0.25, 0.3) is 5.89 Å². The van der Waals surface area contributed by atoms with E-state index in [1.165, 1.54) is 7.11 Å². The third-order valence-electron chi connectivity index (χ3n) is 3.20. The van der Waals surface area contributed by atoms with Crippen molar-refractivity contribution in [2.24, 2.45) is 0 Å². The van der Waals surface area contributed by atoms with Crippen LogP contribution < -0.4 is 4.74 Å². The summed E-state index contributed by atoms with van der Waals surface area (Å²) in [7, 11) is 1.49. The molecule has 0 bridgehead atoms. The summed E-state index contributed by atoms with van der Waals surface area (Å²) in [5, 5.41) is 4.42. The fourth-order valence-corrected chi connectivity index (χ4v) is 2.27. The van der Waals surface area contributed by atoms with Crippen LogP contribution in [0.4, 0.5) is 0 Å². The van der Waals surface area contributed by atoms with Crippen molar-refractivity contribution < 1.29 is 18.8 Å². The molecule has 0 radical (unpaired) electrons. The van der Waals surface area contributed by atoms with E-state index < -0.39 is 5.97 Å². The Kier molecular flexibility index (Phi) is 4.77. The first-order valence-corrected chi connectivity index (χ1v) is 7.44. The monoisotopic (exact) mass is 344 g/mol. The highest BCUT2D eigenvalue weighted by Gasteiger charge is 2.15. The number of ether oxygens (including phenoxy) is 2. The summed E-state index contributed by atoms with van der Waals surface area (Å²) in [4.78, 5) is 16.3. The SMILES string of the molecule is COc1ccccc1C(=O)OCc1nc(-c2cccc(Cl)c2)no1. The van der Waals surface area contributed by atoms with Crippen LogP contribution in [0.2, 0.25) is 5.02 Å². The molecule has 0 saturated carbocycles. The minimum Gasteiger partial charge on any atom is -0.496 e. The molecular formula is C17H13ClN2O4. The maximum atomic E-state index is 12.1. The van der Waals surface area contributed by atoms with Gasteiger partial charge in [0.2, 0.25) is 5.82 Å². The summed E-state index contributed by atoms with van der Waals surface area (Å²) in [5.74, 6) is 0.469. The average molecular weight is 345 g/mol. The second-order valence-corrected chi connectivity index (χ2v) is 5.23. The van der Waals surface area contributed by atoms with E-state index in [9.17, 15) is 4.79 Å². The fraction of sp³-hybridized carbons (Fsp3) is 0.118. The van der Waals surface area contributed by atoms with E-state index in [-0.39, 0.29) is 12.5 Å². The van der Waals surface area contributed by atoms with E-state index in [0.717, 1.165) is 0 Å². The van der Waals surface area contributed by atoms with E-state index in [1.54, 1.807) is 48.5 Å². The van der Waals surface area contributed by atoms with Gasteiger partial charge in [0, 0.05) is 10.6 Å². The second-order valence-electron chi connectivity index (χ2n) is 4.80. The van der Waals surface area contributed by atoms with Gasteiger partial charge in [-0.3, -0.25) is 0 Å². The molecule has 0 unspecified atom stereocenters. The summed E-state index contributed by atoms with van der Waals surface area (Å²) in [6, 6.07) is 13.9. The number of carbonyl (C=O) groups excluding carboxylic acids is 1. The van der Waals surface area contributed by atoms with E-state index in [0.29, 0.717) is 27.7 Å². The van der Waals surface area contributed by atoms with Gasteiger partial charge in [0.05, 0.1) is 7.11 Å². The average Bonchev–Trinajstić information content (AvgIpc) is 3.08. The molecule has 0 saturated heterocycles. The molecule has 0 fully saturated rings. The van der Waals surface area contributed by atoms with Crippen molar-refractivity contribution in [3.8, 4) is 17.1 Å². The number of aromatic nitrogens is 2. The summed E-state index contributed by atoms with van der Waals surface area (Å²) in [6.45, 7) is -0.134. The van der Waals surface area contributed by atoms with Crippen LogP contribution in [-0.4, -0.2) is 23.2 Å². The largest absolute Gasteiger partial charge is 0.496 e. The number of benzene rings is 2. The van der Waals surface area contributed by atoms with Gasteiger partial charge in [-0.05, 0) is 24.3 Å². The molecule has 6 nitrogen and oxygen atoms in total. The topological polar surface area (TPSA) is 74.5 Å². The molecule has 24 heavy (non-hydrogen) atoms. The van der Waals surface area contributed by atoms with Crippen molar-refractivity contribution in [3.63, 3.8) is 0 Å². The van der Waals surface area contributed by atoms with Crippen molar-refractivity contribution in [2.75, 3.05) is 7.11 Å². The molecule has 122 valence electrons. The predicted octanol–water partition coefficient (Wildman–Crippen LogP) is 3.76. The lowest BCUT2D eigenvalue weighted by atomic mass is 10.2. The van der Waals surface area contributed by atoms with Crippen LogP contribution in [0, 0.1) is 0 Å². The Hall–Kier alpha value is -2.86. The van der Waals surface area contributed by atoms with Gasteiger partial charge in [-0.2, -0.15) is 4.98 Å². The van der Waals surface area contributed by atoms with Crippen LogP contribution in [-0.2, 0) is 11.3 Å². The maximum Gasteiger partial charge on any atom is 0.342 e. The van der Waals surface area contributed by atoms with Gasteiger partial charge < -0.3 is 14.0 Å². The zero-order valence-corrected chi connectivity index (χ0v) is 13.5. The van der Waals surface area contributed by atoms with Crippen molar-refractivity contribution in [3.05, 3.63) is 65.0 Å². The lowest BCUT2D eigenvalue weighted by Gasteiger charge is -2.06. The lowest BCUT2D eigenvalue weighted by Crippen LogP contribution is -2.07. The molecular weight excluding hydrogens is 332 g/mol. The highest BCUT2D eigenvalue weighted by atomic mass is 35.5. The Bertz CT molecular complexity index is 863. The van der Waals surface area contributed by atoms with Crippen molar-refractivity contribution in [1.82, 2.24) is 10.1 Å². The molecule has 0 aliphatic carbocycles. The van der Waals surface area contributed by atoms with E-state index in [2.05, 4.69) is 10.1 Å². The number of halogens is 1. The molecule has 0 amide bonds. The molecule has 7 heteroatoms. The molecule has 2 aromatic carbocycles. The normalized spacial score (nSPS) is 10.4. The number of esters is 1. The second kappa shape index (κ2) is 7.14. The molecule has 0 aliphatic rings. The molecule has 0 spiro atoms. The summed E-state index contributed by atoms with van der Waals surface area (Å²) in [5.41, 5.74) is 1.04. The summed E-state index contributed by atoms with van der Waals surface area (Å²) >= 11 is 5.93. The minimum atomic E-state index is -0.532. The quantitative estimate of drug-likeness (QED) is 0.656. The van der Waals surface area contributed by atoms with Gasteiger partial charge in [0.1, 0.15) is 11.3 Å². The van der Waals surface area contributed by atoms with Crippen LogP contribution in [0.5, 0.6) is 5.75 Å². The van der Waals surface area contributed by atoms with Crippen molar-refractivity contribution in [1.29, 1.82) is 0 Å². The van der Waals surface area contributed by atoms with Crippen LogP contribution in [0.25, 0.3) is 11.4 Å². The van der Waals surface area contributed by atoms with Crippen LogP contribution in [0.3, 0.4) is 0 Å². The number of hydrogen-bond acceptors (Lipinski definition) is 6. The van der Waals surface area contributed by atoms with Gasteiger partial charge >= 0.3 is 5.97 Å². The Morgan fingerprint density at radius 2 is 2.04 bits per heavy atom. The van der Waals surface area contributed by atoms with Gasteiger partial charge in [-0.25, -0.2) is 4.79 Å². The first kappa shape index (κ1) is 16.0. The van der Waals surface area contributed by atoms with Crippen LogP contribution in [0.1, 0.15) is 16.2 Å². The maximum absolute atomic E-state index is 12.1. The number of rotatable bonds is 5. The molecule has 3 aromatic rings. The molecule has 0 N–H and O–H groups in total. The minimum absolute atomic E-state index is 0.134. The first-order chi connectivity index (χ1) is 11.7. The zero-order valence-electron chi connectivity index (χ0n) is 12.7. The highest BCUT2D eigenvalue weighted by Crippen LogP contribution is 2.21. The third-order valence-corrected chi connectivity index (χ3v) is 3.44. The Morgan fingerprint density at radius 1 is 1.21 bits per heavy atom. The molecule has 3 rings (SSSR count). The summed E-state index contributed by atoms with van der Waals surface area (Å²) < 4.78 is 15.4. The number of para-hydroxylation sites is 1. The molecule has 0 aliphatic heterocycles. The van der Waals surface area contributed by atoms with E-state index in [1.807, 2.05) is 0 Å². The van der Waals surface area contributed by atoms with E-state index >= 15 is 0 Å².